The average Bonchev–Trinajstić information content (AvgIpc) is 3.39. The zero-order valence-electron chi connectivity index (χ0n) is 21.6. The van der Waals surface area contributed by atoms with Crippen molar-refractivity contribution in [1.82, 2.24) is 9.88 Å². The van der Waals surface area contributed by atoms with Crippen molar-refractivity contribution >= 4 is 29.6 Å². The summed E-state index contributed by atoms with van der Waals surface area (Å²) in [6.07, 6.45) is 2.33. The fourth-order valence-electron chi connectivity index (χ4n) is 5.61. The molecule has 1 aliphatic rings. The summed E-state index contributed by atoms with van der Waals surface area (Å²) in [4.78, 5) is 8.03. The van der Waals surface area contributed by atoms with Gasteiger partial charge in [-0.15, -0.1) is 0 Å². The van der Waals surface area contributed by atoms with Gasteiger partial charge >= 0.3 is 0 Å². The molecule has 6 rings (SSSR count). The third kappa shape index (κ3) is 5.08. The van der Waals surface area contributed by atoms with Crippen molar-refractivity contribution in [2.45, 2.75) is 18.9 Å². The number of benzene rings is 4. The monoisotopic (exact) mass is 489 g/mol. The summed E-state index contributed by atoms with van der Waals surface area (Å²) in [5.41, 5.74) is 10.7. The Bertz CT molecular complexity index is 1450. The summed E-state index contributed by atoms with van der Waals surface area (Å²) in [5.74, 6) is 0. The molecule has 177 valence electrons. The van der Waals surface area contributed by atoms with E-state index in [2.05, 4.69) is 133 Å². The normalized spacial score (nSPS) is 15.3. The third-order valence-corrected chi connectivity index (χ3v) is 7.31. The van der Waals surface area contributed by atoms with Gasteiger partial charge in [0, 0.05) is 57.9 Å². The molecule has 5 aromatic rings. The van der Waals surface area contributed by atoms with Crippen LogP contribution < -0.4 is 0 Å². The van der Waals surface area contributed by atoms with Gasteiger partial charge in [0.15, 0.2) is 0 Å². The van der Waals surface area contributed by atoms with Crippen molar-refractivity contribution < 1.29 is 0 Å². The van der Waals surface area contributed by atoms with Gasteiger partial charge in [0.05, 0.1) is 11.4 Å². The first-order valence-electron chi connectivity index (χ1n) is 12.8. The fraction of sp³-hybridized carbons (Fsp3) is 0.147. The second kappa shape index (κ2) is 11.6. The number of likely N-dealkylation sites (tertiary alicyclic amines) is 1. The molecule has 3 heteroatoms. The van der Waals surface area contributed by atoms with Gasteiger partial charge in [-0.25, -0.2) is 4.98 Å². The van der Waals surface area contributed by atoms with Gasteiger partial charge in [-0.05, 0) is 43.1 Å². The Morgan fingerprint density at radius 1 is 0.568 bits per heavy atom. The standard InChI is InChI=1S/C34H30N2.Na/c1-36-24-14-23-29(36)32-30(25-15-6-2-7-16-25)31(26-17-8-3-9-18-26)33(27-19-10-4-11-20-27)35-34(32)28-21-12-5-13-22-28;/h2-13,15-22,29H,14,23-24H2,1H3;. The number of rotatable bonds is 5. The van der Waals surface area contributed by atoms with Crippen molar-refractivity contribution in [2.24, 2.45) is 0 Å². The maximum atomic E-state index is 5.53. The molecule has 2 nitrogen and oxygen atoms in total. The first-order valence-corrected chi connectivity index (χ1v) is 12.8. The molecule has 1 atom stereocenters. The summed E-state index contributed by atoms with van der Waals surface area (Å²) in [6, 6.07) is 43.4. The maximum Gasteiger partial charge on any atom is 0.0794 e. The van der Waals surface area contributed by atoms with E-state index >= 15 is 0 Å². The molecule has 0 spiro atoms. The number of nitrogens with zero attached hydrogens (tertiary/aromatic N) is 2. The zero-order valence-corrected chi connectivity index (χ0v) is 23.6. The molecule has 2 heterocycles. The minimum absolute atomic E-state index is 0. The SMILES string of the molecule is CN1CCCC1c1c(-c2ccccc2)nc(-c2ccccc2)c(-c2ccccc2)c1-c1ccccc1.[Na]. The molecule has 1 unspecified atom stereocenters. The Morgan fingerprint density at radius 3 is 1.46 bits per heavy atom. The van der Waals surface area contributed by atoms with E-state index in [1.807, 2.05) is 0 Å². The molecular formula is C34H30N2Na. The van der Waals surface area contributed by atoms with Gasteiger partial charge in [-0.1, -0.05) is 121 Å². The van der Waals surface area contributed by atoms with Gasteiger partial charge < -0.3 is 0 Å². The van der Waals surface area contributed by atoms with E-state index in [9.17, 15) is 0 Å². The Kier molecular flexibility index (Phi) is 8.02. The van der Waals surface area contributed by atoms with Crippen molar-refractivity contribution in [3.63, 3.8) is 0 Å². The van der Waals surface area contributed by atoms with Crippen LogP contribution in [0, 0.1) is 0 Å². The summed E-state index contributed by atoms with van der Waals surface area (Å²) in [7, 11) is 2.26. The van der Waals surface area contributed by atoms with Crippen LogP contribution in [0.4, 0.5) is 0 Å². The van der Waals surface area contributed by atoms with Crippen LogP contribution in [0.3, 0.4) is 0 Å². The van der Waals surface area contributed by atoms with Gasteiger partial charge in [0.2, 0.25) is 0 Å². The van der Waals surface area contributed by atoms with E-state index in [0.29, 0.717) is 6.04 Å². The topological polar surface area (TPSA) is 16.1 Å². The Labute approximate surface area is 242 Å². The van der Waals surface area contributed by atoms with Crippen LogP contribution in [-0.2, 0) is 0 Å². The Hall–Kier alpha value is -3.01. The van der Waals surface area contributed by atoms with Crippen LogP contribution >= 0.6 is 0 Å². The molecule has 0 aliphatic carbocycles. The molecule has 1 fully saturated rings. The minimum Gasteiger partial charge on any atom is -0.299 e. The summed E-state index contributed by atoms with van der Waals surface area (Å²) in [5, 5.41) is 0. The summed E-state index contributed by atoms with van der Waals surface area (Å²) < 4.78 is 0. The van der Waals surface area contributed by atoms with Crippen LogP contribution in [-0.4, -0.2) is 53.0 Å². The number of hydrogen-bond donors (Lipinski definition) is 0. The number of pyridine rings is 1. The van der Waals surface area contributed by atoms with Crippen LogP contribution in [0.2, 0.25) is 0 Å². The van der Waals surface area contributed by atoms with E-state index in [4.69, 9.17) is 4.98 Å². The molecule has 1 saturated heterocycles. The molecule has 1 aromatic heterocycles. The fourth-order valence-corrected chi connectivity index (χ4v) is 5.61. The minimum atomic E-state index is 0. The quantitative estimate of drug-likeness (QED) is 0.232. The van der Waals surface area contributed by atoms with Gasteiger partial charge in [-0.3, -0.25) is 4.90 Å². The molecule has 1 aliphatic heterocycles. The second-order valence-electron chi connectivity index (χ2n) is 9.58. The van der Waals surface area contributed by atoms with Crippen molar-refractivity contribution in [3.8, 4) is 44.8 Å². The molecular weight excluding hydrogens is 459 g/mol. The summed E-state index contributed by atoms with van der Waals surface area (Å²) >= 11 is 0. The molecule has 0 amide bonds. The number of hydrogen-bond acceptors (Lipinski definition) is 2. The van der Waals surface area contributed by atoms with Gasteiger partial charge in [0.1, 0.15) is 0 Å². The summed E-state index contributed by atoms with van der Waals surface area (Å²) in [6.45, 7) is 1.11. The molecule has 0 saturated carbocycles. The first kappa shape index (κ1) is 25.6. The molecule has 4 aromatic carbocycles. The predicted octanol–water partition coefficient (Wildman–Crippen LogP) is 8.14. The molecule has 0 bridgehead atoms. The molecule has 0 N–H and O–H groups in total. The van der Waals surface area contributed by atoms with E-state index < -0.39 is 0 Å². The second-order valence-corrected chi connectivity index (χ2v) is 9.58. The first-order chi connectivity index (χ1) is 17.8. The largest absolute Gasteiger partial charge is 0.299 e. The van der Waals surface area contributed by atoms with Crippen molar-refractivity contribution in [2.75, 3.05) is 13.6 Å². The van der Waals surface area contributed by atoms with E-state index in [0.717, 1.165) is 29.9 Å². The van der Waals surface area contributed by atoms with Gasteiger partial charge in [0.25, 0.3) is 0 Å². The maximum absolute atomic E-state index is 5.53. The van der Waals surface area contributed by atoms with Crippen LogP contribution in [0.15, 0.2) is 121 Å². The predicted molar refractivity (Wildman–Crippen MR) is 156 cm³/mol. The van der Waals surface area contributed by atoms with E-state index in [1.54, 1.807) is 0 Å². The number of aromatic nitrogens is 1. The molecule has 1 radical (unpaired) electrons. The Morgan fingerprint density at radius 2 is 1.00 bits per heavy atom. The van der Waals surface area contributed by atoms with E-state index in [-0.39, 0.29) is 29.6 Å². The Balaban J connectivity index is 0.00000280. The van der Waals surface area contributed by atoms with Gasteiger partial charge in [-0.2, -0.15) is 0 Å². The van der Waals surface area contributed by atoms with Crippen LogP contribution in [0.1, 0.15) is 24.4 Å². The van der Waals surface area contributed by atoms with E-state index in [1.165, 1.54) is 39.8 Å². The van der Waals surface area contributed by atoms with Crippen molar-refractivity contribution in [1.29, 1.82) is 0 Å². The van der Waals surface area contributed by atoms with Crippen LogP contribution in [0.25, 0.3) is 44.8 Å². The smallest absolute Gasteiger partial charge is 0.0794 e. The average molecular weight is 490 g/mol. The third-order valence-electron chi connectivity index (χ3n) is 7.31. The zero-order chi connectivity index (χ0) is 24.3. The van der Waals surface area contributed by atoms with Crippen molar-refractivity contribution in [3.05, 3.63) is 127 Å². The molecule has 37 heavy (non-hydrogen) atoms. The van der Waals surface area contributed by atoms with Crippen LogP contribution in [0.5, 0.6) is 0 Å².